The van der Waals surface area contributed by atoms with Crippen LogP contribution in [0.3, 0.4) is 0 Å². The average molecular weight is 428 g/mol. The highest BCUT2D eigenvalue weighted by Crippen LogP contribution is 2.27. The van der Waals surface area contributed by atoms with Gasteiger partial charge >= 0.3 is 0 Å². The number of carbonyl (C=O) groups excluding carboxylic acids is 1. The van der Waals surface area contributed by atoms with Gasteiger partial charge in [0.1, 0.15) is 16.4 Å². The van der Waals surface area contributed by atoms with E-state index >= 15 is 0 Å². The summed E-state index contributed by atoms with van der Waals surface area (Å²) in [5.41, 5.74) is 2.94. The number of thiophene rings is 1. The van der Waals surface area contributed by atoms with Crippen LogP contribution in [0.15, 0.2) is 23.0 Å². The molecule has 0 aliphatic heterocycles. The molecule has 0 bridgehead atoms. The van der Waals surface area contributed by atoms with Crippen LogP contribution in [0.5, 0.6) is 5.75 Å². The van der Waals surface area contributed by atoms with Gasteiger partial charge in [-0.25, -0.2) is 4.39 Å². The summed E-state index contributed by atoms with van der Waals surface area (Å²) in [4.78, 5) is 29.7. The molecule has 0 aliphatic carbocycles. The lowest BCUT2D eigenvalue weighted by molar-refractivity contribution is -0.119. The maximum absolute atomic E-state index is 13.0. The highest BCUT2D eigenvalue weighted by molar-refractivity contribution is 7.71. The van der Waals surface area contributed by atoms with E-state index in [-0.39, 0.29) is 15.5 Å². The van der Waals surface area contributed by atoms with Gasteiger partial charge < -0.3 is 9.72 Å². The molecular formula is C17H15ClFN3O3S2. The predicted octanol–water partition coefficient (Wildman–Crippen LogP) is 3.93. The van der Waals surface area contributed by atoms with Gasteiger partial charge in [0.2, 0.25) is 4.77 Å². The van der Waals surface area contributed by atoms with Crippen molar-refractivity contribution in [2.45, 2.75) is 20.3 Å². The summed E-state index contributed by atoms with van der Waals surface area (Å²) >= 11 is 12.5. The summed E-state index contributed by atoms with van der Waals surface area (Å²) in [5.74, 6) is -0.968. The molecule has 142 valence electrons. The Morgan fingerprint density at radius 2 is 2.22 bits per heavy atom. The van der Waals surface area contributed by atoms with Gasteiger partial charge in [0.05, 0.1) is 10.4 Å². The summed E-state index contributed by atoms with van der Waals surface area (Å²) < 4.78 is 19.4. The Bertz CT molecular complexity index is 1150. The van der Waals surface area contributed by atoms with E-state index in [2.05, 4.69) is 10.4 Å². The fraction of sp³-hybridized carbons (Fsp3) is 0.235. The van der Waals surface area contributed by atoms with Crippen molar-refractivity contribution in [1.82, 2.24) is 9.66 Å². The Balaban J connectivity index is 1.84. The first-order valence-electron chi connectivity index (χ1n) is 7.96. The molecule has 0 spiro atoms. The quantitative estimate of drug-likeness (QED) is 0.605. The van der Waals surface area contributed by atoms with E-state index in [0.29, 0.717) is 16.6 Å². The van der Waals surface area contributed by atoms with Gasteiger partial charge in [-0.2, -0.15) is 4.68 Å². The maximum atomic E-state index is 13.0. The molecule has 27 heavy (non-hydrogen) atoms. The SMILES string of the molecule is CCc1c(C)sc2[nH]c(=S)n(NC(=O)COc3ccc(F)cc3Cl)c(=O)c12. The minimum absolute atomic E-state index is 0.0417. The number of aryl methyl sites for hydroxylation is 2. The summed E-state index contributed by atoms with van der Waals surface area (Å²) in [5, 5.41) is 0.552. The minimum Gasteiger partial charge on any atom is -0.482 e. The van der Waals surface area contributed by atoms with E-state index in [0.717, 1.165) is 21.2 Å². The second-order valence-corrected chi connectivity index (χ2v) is 7.68. The highest BCUT2D eigenvalue weighted by Gasteiger charge is 2.16. The normalized spacial score (nSPS) is 11.0. The van der Waals surface area contributed by atoms with Gasteiger partial charge in [0.25, 0.3) is 11.5 Å². The molecule has 1 aromatic carbocycles. The van der Waals surface area contributed by atoms with Crippen LogP contribution in [-0.2, 0) is 11.2 Å². The predicted molar refractivity (Wildman–Crippen MR) is 107 cm³/mol. The topological polar surface area (TPSA) is 76.1 Å². The molecule has 2 heterocycles. The minimum atomic E-state index is -0.610. The van der Waals surface area contributed by atoms with Gasteiger partial charge in [-0.1, -0.05) is 18.5 Å². The van der Waals surface area contributed by atoms with Crippen molar-refractivity contribution in [3.63, 3.8) is 0 Å². The second kappa shape index (κ2) is 7.79. The Morgan fingerprint density at radius 3 is 2.89 bits per heavy atom. The number of aromatic amines is 1. The molecule has 3 aromatic rings. The zero-order chi connectivity index (χ0) is 19.7. The Labute approximate surface area is 167 Å². The Morgan fingerprint density at radius 1 is 1.48 bits per heavy atom. The van der Waals surface area contributed by atoms with Gasteiger partial charge in [-0.05, 0) is 49.3 Å². The second-order valence-electron chi connectivity index (χ2n) is 5.66. The number of ether oxygens (including phenoxy) is 1. The smallest absolute Gasteiger partial charge is 0.282 e. The van der Waals surface area contributed by atoms with E-state index in [4.69, 9.17) is 28.6 Å². The third-order valence-corrected chi connectivity index (χ3v) is 5.54. The fourth-order valence-electron chi connectivity index (χ4n) is 2.67. The van der Waals surface area contributed by atoms with Crippen molar-refractivity contribution < 1.29 is 13.9 Å². The number of nitrogens with one attached hydrogen (secondary N) is 2. The molecule has 2 aromatic heterocycles. The number of fused-ring (bicyclic) bond motifs is 1. The molecule has 0 saturated carbocycles. The van der Waals surface area contributed by atoms with Crippen LogP contribution in [0, 0.1) is 17.5 Å². The van der Waals surface area contributed by atoms with Crippen molar-refractivity contribution >= 4 is 51.3 Å². The molecule has 0 unspecified atom stereocenters. The van der Waals surface area contributed by atoms with E-state index in [1.807, 2.05) is 13.8 Å². The van der Waals surface area contributed by atoms with Gasteiger partial charge in [0.15, 0.2) is 6.61 Å². The van der Waals surface area contributed by atoms with E-state index in [9.17, 15) is 14.0 Å². The molecule has 1 amide bonds. The molecule has 3 rings (SSSR count). The Kier molecular flexibility index (Phi) is 5.64. The van der Waals surface area contributed by atoms with Crippen molar-refractivity contribution in [3.05, 3.63) is 54.6 Å². The number of carbonyl (C=O) groups is 1. The van der Waals surface area contributed by atoms with E-state index < -0.39 is 23.9 Å². The van der Waals surface area contributed by atoms with Crippen molar-refractivity contribution in [1.29, 1.82) is 0 Å². The maximum Gasteiger partial charge on any atom is 0.282 e. The van der Waals surface area contributed by atoms with Crippen molar-refractivity contribution in [3.8, 4) is 5.75 Å². The molecular weight excluding hydrogens is 413 g/mol. The van der Waals surface area contributed by atoms with E-state index in [1.165, 1.54) is 23.5 Å². The summed E-state index contributed by atoms with van der Waals surface area (Å²) in [6, 6.07) is 3.56. The number of amides is 1. The van der Waals surface area contributed by atoms with E-state index in [1.54, 1.807) is 0 Å². The Hall–Kier alpha value is -2.23. The van der Waals surface area contributed by atoms with Crippen LogP contribution in [0.25, 0.3) is 10.2 Å². The number of aromatic nitrogens is 2. The summed E-state index contributed by atoms with van der Waals surface area (Å²) in [7, 11) is 0. The number of benzene rings is 1. The third kappa shape index (κ3) is 3.90. The van der Waals surface area contributed by atoms with Gasteiger partial charge in [-0.3, -0.25) is 15.0 Å². The monoisotopic (exact) mass is 427 g/mol. The van der Waals surface area contributed by atoms with Crippen LogP contribution in [0.4, 0.5) is 4.39 Å². The van der Waals surface area contributed by atoms with Crippen LogP contribution in [-0.4, -0.2) is 22.2 Å². The van der Waals surface area contributed by atoms with Crippen LogP contribution in [0.2, 0.25) is 5.02 Å². The number of nitrogens with zero attached hydrogens (tertiary/aromatic N) is 1. The first kappa shape index (κ1) is 19.5. The fourth-order valence-corrected chi connectivity index (χ4v) is 4.32. The standard InChI is InChI=1S/C17H15ClFN3O3S2/c1-3-10-8(2)27-15-14(10)16(24)22(17(26)20-15)21-13(23)7-25-12-5-4-9(19)6-11(12)18/h4-6H,3,7H2,1-2H3,(H,20,26)(H,21,23). The van der Waals surface area contributed by atoms with Crippen LogP contribution in [0.1, 0.15) is 17.4 Å². The first-order chi connectivity index (χ1) is 12.8. The first-order valence-corrected chi connectivity index (χ1v) is 9.57. The molecule has 10 heteroatoms. The molecule has 6 nitrogen and oxygen atoms in total. The van der Waals surface area contributed by atoms with Crippen LogP contribution >= 0.6 is 35.2 Å². The number of H-pyrrole nitrogens is 1. The summed E-state index contributed by atoms with van der Waals surface area (Å²) in [6.45, 7) is 3.47. The molecule has 0 atom stereocenters. The zero-order valence-electron chi connectivity index (χ0n) is 14.4. The highest BCUT2D eigenvalue weighted by atomic mass is 35.5. The molecule has 0 saturated heterocycles. The third-order valence-electron chi connectivity index (χ3n) is 3.89. The average Bonchev–Trinajstić information content (AvgIpc) is 2.92. The van der Waals surface area contributed by atoms with Crippen molar-refractivity contribution in [2.75, 3.05) is 12.0 Å². The number of rotatable bonds is 5. The number of hydrogen-bond donors (Lipinski definition) is 2. The van der Waals surface area contributed by atoms with Crippen molar-refractivity contribution in [2.24, 2.45) is 0 Å². The largest absolute Gasteiger partial charge is 0.482 e. The molecule has 0 fully saturated rings. The number of halogens is 2. The lowest BCUT2D eigenvalue weighted by Gasteiger charge is -2.11. The summed E-state index contributed by atoms with van der Waals surface area (Å²) in [6.07, 6.45) is 0.686. The molecule has 0 aliphatic rings. The lowest BCUT2D eigenvalue weighted by atomic mass is 10.1. The zero-order valence-corrected chi connectivity index (χ0v) is 16.8. The lowest BCUT2D eigenvalue weighted by Crippen LogP contribution is -2.36. The molecule has 2 N–H and O–H groups in total. The van der Waals surface area contributed by atoms with Crippen LogP contribution < -0.4 is 15.7 Å². The van der Waals surface area contributed by atoms with Gasteiger partial charge in [0, 0.05) is 4.88 Å². The number of hydrogen-bond acceptors (Lipinski definition) is 5. The van der Waals surface area contributed by atoms with Gasteiger partial charge in [-0.15, -0.1) is 11.3 Å². The molecule has 0 radical (unpaired) electrons.